The highest BCUT2D eigenvalue weighted by Crippen LogP contribution is 2.14. The lowest BCUT2D eigenvalue weighted by molar-refractivity contribution is 0.221. The molecule has 3 rings (SSSR count). The number of anilines is 1. The van der Waals surface area contributed by atoms with Gasteiger partial charge in [0, 0.05) is 0 Å². The van der Waals surface area contributed by atoms with Crippen molar-refractivity contribution in [2.24, 2.45) is 0 Å². The third-order valence-electron chi connectivity index (χ3n) is 4.23. The minimum absolute atomic E-state index is 0.121. The van der Waals surface area contributed by atoms with E-state index in [1.165, 1.54) is 11.1 Å². The Labute approximate surface area is 165 Å². The molecule has 0 aliphatic carbocycles. The van der Waals surface area contributed by atoms with Crippen LogP contribution in [0.15, 0.2) is 67.0 Å². The van der Waals surface area contributed by atoms with E-state index in [-0.39, 0.29) is 6.04 Å². The molecule has 0 saturated heterocycles. The molecule has 6 heteroatoms. The minimum Gasteiger partial charge on any atom is -0.471 e. The second kappa shape index (κ2) is 9.19. The molecule has 1 atom stereocenters. The quantitative estimate of drug-likeness (QED) is 0.590. The number of hydrogen-bond acceptors (Lipinski definition) is 3. The third-order valence-corrected chi connectivity index (χ3v) is 4.45. The Kier molecular flexibility index (Phi) is 6.44. The van der Waals surface area contributed by atoms with Gasteiger partial charge in [-0.3, -0.25) is 0 Å². The molecule has 0 bridgehead atoms. The van der Waals surface area contributed by atoms with E-state index in [9.17, 15) is 0 Å². The topological polar surface area (TPSA) is 51.1 Å². The van der Waals surface area contributed by atoms with Crippen LogP contribution in [-0.2, 0) is 13.2 Å². The number of nitrogens with one attached hydrogen (secondary N) is 2. The number of ether oxygens (including phenoxy) is 1. The van der Waals surface area contributed by atoms with Gasteiger partial charge in [-0.25, -0.2) is 4.68 Å². The van der Waals surface area contributed by atoms with Gasteiger partial charge in [0.15, 0.2) is 11.8 Å². The fraction of sp³-hybridized carbons (Fsp3) is 0.238. The zero-order chi connectivity index (χ0) is 19.1. The van der Waals surface area contributed by atoms with Crippen LogP contribution in [0.25, 0.3) is 0 Å². The second-order valence-electron chi connectivity index (χ2n) is 6.27. The van der Waals surface area contributed by atoms with Gasteiger partial charge in [-0.1, -0.05) is 49.4 Å². The standard InChI is InChI=1S/C21H24N4OS/c1-3-17-9-11-20(12-10-17)26-15-25-14-19(13-22-25)24-21(27)23-16(2)18-7-5-4-6-8-18/h4-14,16H,3,15H2,1-2H3,(H2,23,24,27). The third kappa shape index (κ3) is 5.56. The summed E-state index contributed by atoms with van der Waals surface area (Å²) in [5, 5.41) is 11.3. The molecule has 0 aliphatic heterocycles. The van der Waals surface area contributed by atoms with Crippen molar-refractivity contribution in [3.63, 3.8) is 0 Å². The summed E-state index contributed by atoms with van der Waals surface area (Å²) in [6.07, 6.45) is 4.61. The summed E-state index contributed by atoms with van der Waals surface area (Å²) in [6, 6.07) is 18.4. The molecule has 5 nitrogen and oxygen atoms in total. The predicted molar refractivity (Wildman–Crippen MR) is 113 cm³/mol. The van der Waals surface area contributed by atoms with Crippen LogP contribution in [-0.4, -0.2) is 14.9 Å². The van der Waals surface area contributed by atoms with E-state index in [4.69, 9.17) is 17.0 Å². The van der Waals surface area contributed by atoms with Crippen molar-refractivity contribution in [3.8, 4) is 5.75 Å². The lowest BCUT2D eigenvalue weighted by Crippen LogP contribution is -2.30. The molecule has 27 heavy (non-hydrogen) atoms. The van der Waals surface area contributed by atoms with Crippen molar-refractivity contribution in [3.05, 3.63) is 78.1 Å². The van der Waals surface area contributed by atoms with E-state index in [2.05, 4.69) is 53.8 Å². The molecule has 0 amide bonds. The zero-order valence-corrected chi connectivity index (χ0v) is 16.4. The monoisotopic (exact) mass is 380 g/mol. The molecular weight excluding hydrogens is 356 g/mol. The van der Waals surface area contributed by atoms with E-state index >= 15 is 0 Å². The predicted octanol–water partition coefficient (Wildman–Crippen LogP) is 4.53. The first-order valence-corrected chi connectivity index (χ1v) is 9.41. The number of rotatable bonds is 7. The van der Waals surface area contributed by atoms with E-state index < -0.39 is 0 Å². The molecule has 0 radical (unpaired) electrons. The van der Waals surface area contributed by atoms with Crippen LogP contribution in [0.5, 0.6) is 5.75 Å². The van der Waals surface area contributed by atoms with Crippen molar-refractivity contribution >= 4 is 23.0 Å². The molecule has 0 spiro atoms. The van der Waals surface area contributed by atoms with Gasteiger partial charge in [-0.2, -0.15) is 5.10 Å². The van der Waals surface area contributed by atoms with Crippen molar-refractivity contribution in [1.29, 1.82) is 0 Å². The van der Waals surface area contributed by atoms with Crippen LogP contribution in [0.2, 0.25) is 0 Å². The summed E-state index contributed by atoms with van der Waals surface area (Å²) in [4.78, 5) is 0. The van der Waals surface area contributed by atoms with Gasteiger partial charge in [-0.15, -0.1) is 0 Å². The van der Waals surface area contributed by atoms with Gasteiger partial charge in [0.05, 0.1) is 24.1 Å². The first-order chi connectivity index (χ1) is 13.1. The van der Waals surface area contributed by atoms with Gasteiger partial charge in [0.1, 0.15) is 5.75 Å². The van der Waals surface area contributed by atoms with Gasteiger partial charge in [0.2, 0.25) is 0 Å². The molecule has 2 N–H and O–H groups in total. The molecule has 0 aliphatic rings. The highest BCUT2D eigenvalue weighted by molar-refractivity contribution is 7.80. The van der Waals surface area contributed by atoms with Gasteiger partial charge >= 0.3 is 0 Å². The molecular formula is C21H24N4OS. The van der Waals surface area contributed by atoms with Crippen LogP contribution in [0.1, 0.15) is 31.0 Å². The lowest BCUT2D eigenvalue weighted by Gasteiger charge is -2.16. The Morgan fingerprint density at radius 1 is 1.15 bits per heavy atom. The highest BCUT2D eigenvalue weighted by atomic mass is 32.1. The van der Waals surface area contributed by atoms with Crippen LogP contribution in [0.4, 0.5) is 5.69 Å². The summed E-state index contributed by atoms with van der Waals surface area (Å²) in [5.74, 6) is 0.825. The average molecular weight is 381 g/mol. The highest BCUT2D eigenvalue weighted by Gasteiger charge is 2.07. The fourth-order valence-electron chi connectivity index (χ4n) is 2.65. The minimum atomic E-state index is 0.121. The van der Waals surface area contributed by atoms with Gasteiger partial charge < -0.3 is 15.4 Å². The van der Waals surface area contributed by atoms with Crippen molar-refractivity contribution in [2.45, 2.75) is 33.0 Å². The Balaban J connectivity index is 1.49. The maximum Gasteiger partial charge on any atom is 0.180 e. The molecule has 3 aromatic rings. The maximum absolute atomic E-state index is 5.76. The molecule has 2 aromatic carbocycles. The second-order valence-corrected chi connectivity index (χ2v) is 6.68. The zero-order valence-electron chi connectivity index (χ0n) is 15.6. The van der Waals surface area contributed by atoms with Crippen molar-refractivity contribution in [1.82, 2.24) is 15.1 Å². The van der Waals surface area contributed by atoms with Crippen LogP contribution < -0.4 is 15.4 Å². The normalized spacial score (nSPS) is 11.6. The number of nitrogens with zero attached hydrogens (tertiary/aromatic N) is 2. The maximum atomic E-state index is 5.76. The van der Waals surface area contributed by atoms with Crippen LogP contribution in [0, 0.1) is 0 Å². The number of aryl methyl sites for hydroxylation is 1. The molecule has 1 aromatic heterocycles. The summed E-state index contributed by atoms with van der Waals surface area (Å²) < 4.78 is 7.48. The molecule has 0 fully saturated rings. The smallest absolute Gasteiger partial charge is 0.180 e. The first kappa shape index (κ1) is 18.9. The number of thiocarbonyl (C=S) groups is 1. The number of hydrogen-bond donors (Lipinski definition) is 2. The van der Waals surface area contributed by atoms with E-state index in [0.29, 0.717) is 11.8 Å². The number of aromatic nitrogens is 2. The van der Waals surface area contributed by atoms with Crippen LogP contribution >= 0.6 is 12.2 Å². The SMILES string of the molecule is CCc1ccc(OCn2cc(NC(=S)NC(C)c3ccccc3)cn2)cc1. The Morgan fingerprint density at radius 2 is 1.89 bits per heavy atom. The molecule has 0 saturated carbocycles. The average Bonchev–Trinajstić information content (AvgIpc) is 3.14. The van der Waals surface area contributed by atoms with Crippen molar-refractivity contribution in [2.75, 3.05) is 5.32 Å². The molecule has 1 unspecified atom stereocenters. The Bertz CT molecular complexity index is 861. The Morgan fingerprint density at radius 3 is 2.59 bits per heavy atom. The van der Waals surface area contributed by atoms with E-state index in [1.54, 1.807) is 10.9 Å². The van der Waals surface area contributed by atoms with Gasteiger partial charge in [-0.05, 0) is 48.8 Å². The summed E-state index contributed by atoms with van der Waals surface area (Å²) in [5.41, 5.74) is 3.29. The van der Waals surface area contributed by atoms with Crippen molar-refractivity contribution < 1.29 is 4.74 Å². The van der Waals surface area contributed by atoms with E-state index in [0.717, 1.165) is 17.9 Å². The van der Waals surface area contributed by atoms with Crippen LogP contribution in [0.3, 0.4) is 0 Å². The number of benzene rings is 2. The summed E-state index contributed by atoms with van der Waals surface area (Å²) >= 11 is 5.40. The fourth-order valence-corrected chi connectivity index (χ4v) is 2.94. The summed E-state index contributed by atoms with van der Waals surface area (Å²) in [7, 11) is 0. The van der Waals surface area contributed by atoms with E-state index in [1.807, 2.05) is 36.5 Å². The Hall–Kier alpha value is -2.86. The summed E-state index contributed by atoms with van der Waals surface area (Å²) in [6.45, 7) is 4.55. The van der Waals surface area contributed by atoms with Gasteiger partial charge in [0.25, 0.3) is 0 Å². The largest absolute Gasteiger partial charge is 0.471 e. The molecule has 140 valence electrons. The lowest BCUT2D eigenvalue weighted by atomic mass is 10.1. The first-order valence-electron chi connectivity index (χ1n) is 9.00. The molecule has 1 heterocycles.